The zero-order valence-electron chi connectivity index (χ0n) is 6.02. The van der Waals surface area contributed by atoms with Crippen molar-refractivity contribution in [2.75, 3.05) is 13.7 Å². The van der Waals surface area contributed by atoms with Crippen molar-refractivity contribution in [1.29, 1.82) is 0 Å². The Morgan fingerprint density at radius 3 is 3.00 bits per heavy atom. The van der Waals surface area contributed by atoms with Crippen molar-refractivity contribution < 1.29 is 4.74 Å². The zero-order chi connectivity index (χ0) is 6.53. The van der Waals surface area contributed by atoms with Crippen LogP contribution in [0, 0.1) is 0 Å². The van der Waals surface area contributed by atoms with E-state index < -0.39 is 0 Å². The van der Waals surface area contributed by atoms with Crippen LogP contribution in [0.25, 0.3) is 0 Å². The highest BCUT2D eigenvalue weighted by atomic mass is 16.5. The van der Waals surface area contributed by atoms with Crippen molar-refractivity contribution in [3.05, 3.63) is 11.6 Å². The lowest BCUT2D eigenvalue weighted by Gasteiger charge is -2.10. The second-order valence-corrected chi connectivity index (χ2v) is 2.54. The van der Waals surface area contributed by atoms with Gasteiger partial charge in [0.05, 0.1) is 6.61 Å². The minimum atomic E-state index is 0.847. The van der Waals surface area contributed by atoms with E-state index in [0.29, 0.717) is 0 Å². The fraction of sp³-hybridized carbons (Fsp3) is 0.750. The SMILES string of the molecule is COCC1=CCCCC1. The maximum absolute atomic E-state index is 5.01. The molecule has 0 aliphatic heterocycles. The van der Waals surface area contributed by atoms with Gasteiger partial charge in [0.25, 0.3) is 0 Å². The van der Waals surface area contributed by atoms with Gasteiger partial charge in [-0.3, -0.25) is 0 Å². The Hall–Kier alpha value is -0.300. The highest BCUT2D eigenvalue weighted by Gasteiger charge is 2.01. The molecule has 0 N–H and O–H groups in total. The highest BCUT2D eigenvalue weighted by Crippen LogP contribution is 2.16. The molecule has 1 heteroatoms. The number of ether oxygens (including phenoxy) is 1. The summed E-state index contributed by atoms with van der Waals surface area (Å²) in [7, 11) is 1.76. The molecule has 9 heavy (non-hydrogen) atoms. The molecule has 1 aliphatic carbocycles. The number of methoxy groups -OCH3 is 1. The summed E-state index contributed by atoms with van der Waals surface area (Å²) in [6, 6.07) is 0. The van der Waals surface area contributed by atoms with Gasteiger partial charge in [-0.05, 0) is 31.3 Å². The van der Waals surface area contributed by atoms with Crippen LogP contribution in [-0.2, 0) is 4.74 Å². The van der Waals surface area contributed by atoms with Gasteiger partial charge in [-0.2, -0.15) is 0 Å². The molecule has 0 aromatic heterocycles. The number of hydrogen-bond acceptors (Lipinski definition) is 1. The Morgan fingerprint density at radius 2 is 2.44 bits per heavy atom. The third-order valence-electron chi connectivity index (χ3n) is 1.71. The van der Waals surface area contributed by atoms with Gasteiger partial charge in [-0.25, -0.2) is 0 Å². The van der Waals surface area contributed by atoms with Gasteiger partial charge >= 0.3 is 0 Å². The molecule has 0 radical (unpaired) electrons. The molecule has 1 aliphatic rings. The van der Waals surface area contributed by atoms with Crippen LogP contribution in [0.5, 0.6) is 0 Å². The molecule has 1 rings (SSSR count). The van der Waals surface area contributed by atoms with Gasteiger partial charge in [-0.15, -0.1) is 0 Å². The first-order valence-corrected chi connectivity index (χ1v) is 3.60. The minimum Gasteiger partial charge on any atom is -0.380 e. The van der Waals surface area contributed by atoms with Crippen LogP contribution in [0.15, 0.2) is 11.6 Å². The van der Waals surface area contributed by atoms with Gasteiger partial charge in [-0.1, -0.05) is 6.08 Å². The van der Waals surface area contributed by atoms with Crippen LogP contribution in [0.1, 0.15) is 25.7 Å². The van der Waals surface area contributed by atoms with E-state index in [1.54, 1.807) is 7.11 Å². The van der Waals surface area contributed by atoms with E-state index in [0.717, 1.165) is 6.61 Å². The van der Waals surface area contributed by atoms with Crippen LogP contribution in [-0.4, -0.2) is 13.7 Å². The average Bonchev–Trinajstić information content (AvgIpc) is 1.91. The second-order valence-electron chi connectivity index (χ2n) is 2.54. The molecule has 0 atom stereocenters. The van der Waals surface area contributed by atoms with E-state index in [4.69, 9.17) is 4.74 Å². The van der Waals surface area contributed by atoms with Crippen LogP contribution < -0.4 is 0 Å². The van der Waals surface area contributed by atoms with Gasteiger partial charge in [0, 0.05) is 7.11 Å². The van der Waals surface area contributed by atoms with Gasteiger partial charge < -0.3 is 4.74 Å². The van der Waals surface area contributed by atoms with Crippen molar-refractivity contribution >= 4 is 0 Å². The first-order valence-electron chi connectivity index (χ1n) is 3.60. The molecular weight excluding hydrogens is 112 g/mol. The molecule has 0 spiro atoms. The van der Waals surface area contributed by atoms with E-state index in [9.17, 15) is 0 Å². The van der Waals surface area contributed by atoms with Crippen LogP contribution in [0.3, 0.4) is 0 Å². The molecule has 0 bridgehead atoms. The molecule has 0 unspecified atom stereocenters. The van der Waals surface area contributed by atoms with E-state index in [1.807, 2.05) is 0 Å². The van der Waals surface area contributed by atoms with Crippen molar-refractivity contribution in [3.8, 4) is 0 Å². The predicted molar refractivity (Wildman–Crippen MR) is 38.4 cm³/mol. The minimum absolute atomic E-state index is 0.847. The number of rotatable bonds is 2. The second kappa shape index (κ2) is 3.67. The summed E-state index contributed by atoms with van der Waals surface area (Å²) in [5, 5.41) is 0. The topological polar surface area (TPSA) is 9.23 Å². The average molecular weight is 126 g/mol. The summed E-state index contributed by atoms with van der Waals surface area (Å²) in [5.74, 6) is 0. The van der Waals surface area contributed by atoms with Gasteiger partial charge in [0.1, 0.15) is 0 Å². The Kier molecular flexibility index (Phi) is 2.78. The zero-order valence-corrected chi connectivity index (χ0v) is 6.02. The molecule has 0 fully saturated rings. The van der Waals surface area contributed by atoms with Crippen molar-refractivity contribution in [2.45, 2.75) is 25.7 Å². The van der Waals surface area contributed by atoms with Gasteiger partial charge in [0.15, 0.2) is 0 Å². The lowest BCUT2D eigenvalue weighted by Crippen LogP contribution is -1.98. The normalized spacial score (nSPS) is 19.4. The van der Waals surface area contributed by atoms with E-state index in [-0.39, 0.29) is 0 Å². The smallest absolute Gasteiger partial charge is 0.0672 e. The van der Waals surface area contributed by atoms with E-state index in [2.05, 4.69) is 6.08 Å². The van der Waals surface area contributed by atoms with Crippen molar-refractivity contribution in [2.24, 2.45) is 0 Å². The number of allylic oxidation sites excluding steroid dienone is 1. The molecule has 52 valence electrons. The molecule has 0 aromatic carbocycles. The predicted octanol–water partition coefficient (Wildman–Crippen LogP) is 2.13. The standard InChI is InChI=1S/C8H14O/c1-9-7-8-5-3-2-4-6-8/h5H,2-4,6-7H2,1H3. The summed E-state index contributed by atoms with van der Waals surface area (Å²) in [6.07, 6.45) is 7.56. The first kappa shape index (κ1) is 6.81. The summed E-state index contributed by atoms with van der Waals surface area (Å²) in [4.78, 5) is 0. The summed E-state index contributed by atoms with van der Waals surface area (Å²) >= 11 is 0. The first-order chi connectivity index (χ1) is 4.43. The lowest BCUT2D eigenvalue weighted by molar-refractivity contribution is 0.221. The third kappa shape index (κ3) is 2.19. The Balaban J connectivity index is 2.28. The third-order valence-corrected chi connectivity index (χ3v) is 1.71. The van der Waals surface area contributed by atoms with Gasteiger partial charge in [0.2, 0.25) is 0 Å². The molecule has 0 saturated carbocycles. The molecular formula is C8H14O. The Bertz CT molecular complexity index is 105. The summed E-state index contributed by atoms with van der Waals surface area (Å²) < 4.78 is 5.01. The quantitative estimate of drug-likeness (QED) is 0.515. The monoisotopic (exact) mass is 126 g/mol. The Morgan fingerprint density at radius 1 is 1.56 bits per heavy atom. The largest absolute Gasteiger partial charge is 0.380 e. The molecule has 0 aromatic rings. The summed E-state index contributed by atoms with van der Waals surface area (Å²) in [6.45, 7) is 0.847. The summed E-state index contributed by atoms with van der Waals surface area (Å²) in [5.41, 5.74) is 1.49. The number of hydrogen-bond donors (Lipinski definition) is 0. The van der Waals surface area contributed by atoms with Crippen molar-refractivity contribution in [1.82, 2.24) is 0 Å². The highest BCUT2D eigenvalue weighted by molar-refractivity contribution is 5.04. The molecule has 0 amide bonds. The molecule has 0 saturated heterocycles. The fourth-order valence-corrected chi connectivity index (χ4v) is 1.22. The Labute approximate surface area is 56.7 Å². The van der Waals surface area contributed by atoms with Crippen LogP contribution in [0.2, 0.25) is 0 Å². The fourth-order valence-electron chi connectivity index (χ4n) is 1.22. The lowest BCUT2D eigenvalue weighted by atomic mass is 10.0. The van der Waals surface area contributed by atoms with Crippen LogP contribution >= 0.6 is 0 Å². The molecule has 0 heterocycles. The maximum Gasteiger partial charge on any atom is 0.0672 e. The van der Waals surface area contributed by atoms with Crippen molar-refractivity contribution in [3.63, 3.8) is 0 Å². The van der Waals surface area contributed by atoms with E-state index >= 15 is 0 Å². The van der Waals surface area contributed by atoms with E-state index in [1.165, 1.54) is 31.3 Å². The van der Waals surface area contributed by atoms with Crippen LogP contribution in [0.4, 0.5) is 0 Å². The molecule has 1 nitrogen and oxygen atoms in total. The maximum atomic E-state index is 5.01.